The number of fused-ring (bicyclic) bond motifs is 1. The van der Waals surface area contributed by atoms with Crippen molar-refractivity contribution >= 4 is 34.1 Å². The van der Waals surface area contributed by atoms with E-state index in [0.29, 0.717) is 0 Å². The Balaban J connectivity index is 0.000000461. The quantitative estimate of drug-likeness (QED) is 0.662. The summed E-state index contributed by atoms with van der Waals surface area (Å²) < 4.78 is 1.35. The van der Waals surface area contributed by atoms with Crippen LogP contribution in [0.3, 0.4) is 0 Å². The van der Waals surface area contributed by atoms with Gasteiger partial charge in [-0.25, -0.2) is 0 Å². The number of benzene rings is 1. The Morgan fingerprint density at radius 1 is 1.29 bits per heavy atom. The van der Waals surface area contributed by atoms with Crippen LogP contribution in [0.2, 0.25) is 0 Å². The van der Waals surface area contributed by atoms with Gasteiger partial charge in [0.05, 0.1) is 0 Å². The van der Waals surface area contributed by atoms with Crippen LogP contribution in [0.25, 0.3) is 10.1 Å². The molecular weight excluding hydrogens is 208 g/mol. The van der Waals surface area contributed by atoms with Crippen LogP contribution < -0.4 is 0 Å². The highest BCUT2D eigenvalue weighted by atomic mass is 32.1. The first-order valence-corrected chi connectivity index (χ1v) is 6.33. The monoisotopic (exact) mass is 224 g/mol. The van der Waals surface area contributed by atoms with E-state index in [1.165, 1.54) is 15.6 Å². The molecule has 0 aliphatic rings. The SMILES string of the molecule is CC.CCc1cccc2scc(S)c12. The lowest BCUT2D eigenvalue weighted by molar-refractivity contribution is 1.16. The van der Waals surface area contributed by atoms with Crippen LogP contribution >= 0.6 is 24.0 Å². The zero-order chi connectivity index (χ0) is 10.6. The number of thiophene rings is 1. The molecule has 0 saturated heterocycles. The van der Waals surface area contributed by atoms with Crippen molar-refractivity contribution in [3.05, 3.63) is 29.1 Å². The van der Waals surface area contributed by atoms with Crippen molar-refractivity contribution in [3.63, 3.8) is 0 Å². The Labute approximate surface area is 95.4 Å². The predicted octanol–water partition coefficient (Wildman–Crippen LogP) is 4.78. The molecule has 0 saturated carbocycles. The number of hydrogen-bond donors (Lipinski definition) is 1. The molecule has 0 amide bonds. The van der Waals surface area contributed by atoms with Gasteiger partial charge < -0.3 is 0 Å². The molecular formula is C12H16S2. The molecule has 2 aromatic rings. The van der Waals surface area contributed by atoms with Crippen LogP contribution in [0, 0.1) is 0 Å². The molecule has 14 heavy (non-hydrogen) atoms. The van der Waals surface area contributed by atoms with E-state index >= 15 is 0 Å². The van der Waals surface area contributed by atoms with Gasteiger partial charge in [0.25, 0.3) is 0 Å². The molecule has 0 unspecified atom stereocenters. The third kappa shape index (κ3) is 2.12. The molecule has 0 fully saturated rings. The topological polar surface area (TPSA) is 0 Å². The van der Waals surface area contributed by atoms with Crippen molar-refractivity contribution in [1.82, 2.24) is 0 Å². The third-order valence-corrected chi connectivity index (χ3v) is 3.52. The highest BCUT2D eigenvalue weighted by Crippen LogP contribution is 2.31. The van der Waals surface area contributed by atoms with Crippen molar-refractivity contribution in [1.29, 1.82) is 0 Å². The first kappa shape index (κ1) is 11.6. The van der Waals surface area contributed by atoms with Gasteiger partial charge in [-0.3, -0.25) is 0 Å². The van der Waals surface area contributed by atoms with E-state index in [2.05, 4.69) is 43.1 Å². The van der Waals surface area contributed by atoms with Crippen molar-refractivity contribution in [2.45, 2.75) is 32.1 Å². The molecule has 0 atom stereocenters. The lowest BCUT2D eigenvalue weighted by Crippen LogP contribution is -1.79. The van der Waals surface area contributed by atoms with E-state index in [1.807, 2.05) is 13.8 Å². The van der Waals surface area contributed by atoms with E-state index in [-0.39, 0.29) is 0 Å². The second-order valence-corrected chi connectivity index (χ2v) is 4.16. The summed E-state index contributed by atoms with van der Waals surface area (Å²) in [6, 6.07) is 6.44. The number of rotatable bonds is 1. The first-order chi connectivity index (χ1) is 6.83. The van der Waals surface area contributed by atoms with Gasteiger partial charge in [0, 0.05) is 20.4 Å². The number of thiol groups is 1. The maximum atomic E-state index is 4.44. The van der Waals surface area contributed by atoms with Gasteiger partial charge in [0.2, 0.25) is 0 Å². The summed E-state index contributed by atoms with van der Waals surface area (Å²) in [6.45, 7) is 6.18. The maximum absolute atomic E-state index is 4.44. The smallest absolute Gasteiger partial charge is 0.0357 e. The summed E-state index contributed by atoms with van der Waals surface area (Å²) in [7, 11) is 0. The lowest BCUT2D eigenvalue weighted by atomic mass is 10.1. The van der Waals surface area contributed by atoms with E-state index in [1.54, 1.807) is 11.3 Å². The van der Waals surface area contributed by atoms with Crippen molar-refractivity contribution in [2.24, 2.45) is 0 Å². The van der Waals surface area contributed by atoms with Gasteiger partial charge >= 0.3 is 0 Å². The molecule has 0 aliphatic carbocycles. The van der Waals surface area contributed by atoms with Crippen LogP contribution in [-0.2, 0) is 6.42 Å². The summed E-state index contributed by atoms with van der Waals surface area (Å²) in [5.41, 5.74) is 1.40. The van der Waals surface area contributed by atoms with Gasteiger partial charge in [-0.1, -0.05) is 32.9 Å². The van der Waals surface area contributed by atoms with Crippen LogP contribution in [0.15, 0.2) is 28.5 Å². The Morgan fingerprint density at radius 3 is 2.64 bits per heavy atom. The lowest BCUT2D eigenvalue weighted by Gasteiger charge is -1.99. The second-order valence-electron chi connectivity index (χ2n) is 2.76. The molecule has 2 heteroatoms. The fraction of sp³-hybridized carbons (Fsp3) is 0.333. The molecule has 2 rings (SSSR count). The third-order valence-electron chi connectivity index (χ3n) is 2.05. The molecule has 0 aliphatic heterocycles. The highest BCUT2D eigenvalue weighted by molar-refractivity contribution is 7.80. The summed E-state index contributed by atoms with van der Waals surface area (Å²) in [5, 5.41) is 3.45. The molecule has 0 nitrogen and oxygen atoms in total. The van der Waals surface area contributed by atoms with Crippen LogP contribution in [0.1, 0.15) is 26.3 Å². The highest BCUT2D eigenvalue weighted by Gasteiger charge is 2.03. The van der Waals surface area contributed by atoms with Crippen LogP contribution in [-0.4, -0.2) is 0 Å². The molecule has 0 radical (unpaired) electrons. The first-order valence-electron chi connectivity index (χ1n) is 5.01. The minimum absolute atomic E-state index is 1.08. The Kier molecular flexibility index (Phi) is 4.49. The van der Waals surface area contributed by atoms with Gasteiger partial charge in [-0.15, -0.1) is 24.0 Å². The zero-order valence-corrected chi connectivity index (χ0v) is 10.6. The molecule has 1 heterocycles. The summed E-state index contributed by atoms with van der Waals surface area (Å²) in [5.74, 6) is 0. The van der Waals surface area contributed by atoms with Crippen molar-refractivity contribution in [2.75, 3.05) is 0 Å². The second kappa shape index (κ2) is 5.42. The summed E-state index contributed by atoms with van der Waals surface area (Å²) in [4.78, 5) is 1.12. The maximum Gasteiger partial charge on any atom is 0.0357 e. The van der Waals surface area contributed by atoms with E-state index in [9.17, 15) is 0 Å². The van der Waals surface area contributed by atoms with Crippen LogP contribution in [0.5, 0.6) is 0 Å². The molecule has 0 spiro atoms. The molecule has 0 bridgehead atoms. The fourth-order valence-corrected chi connectivity index (χ4v) is 2.81. The van der Waals surface area contributed by atoms with Gasteiger partial charge in [-0.2, -0.15) is 0 Å². The van der Waals surface area contributed by atoms with Gasteiger partial charge in [-0.05, 0) is 18.1 Å². The predicted molar refractivity (Wildman–Crippen MR) is 69.8 cm³/mol. The molecule has 1 aromatic heterocycles. The Hall–Kier alpha value is -0.470. The average molecular weight is 224 g/mol. The average Bonchev–Trinajstić information content (AvgIpc) is 2.64. The van der Waals surface area contributed by atoms with E-state index < -0.39 is 0 Å². The van der Waals surface area contributed by atoms with Crippen LogP contribution in [0.4, 0.5) is 0 Å². The minimum atomic E-state index is 1.08. The van der Waals surface area contributed by atoms with Crippen molar-refractivity contribution in [3.8, 4) is 0 Å². The Morgan fingerprint density at radius 2 is 2.00 bits per heavy atom. The fourth-order valence-electron chi connectivity index (χ4n) is 1.44. The molecule has 0 N–H and O–H groups in total. The zero-order valence-electron chi connectivity index (χ0n) is 8.87. The van der Waals surface area contributed by atoms with E-state index in [0.717, 1.165) is 11.3 Å². The molecule has 76 valence electrons. The summed E-state index contributed by atoms with van der Waals surface area (Å²) in [6.07, 6.45) is 1.08. The standard InChI is InChI=1S/C10H10S2.C2H6/c1-2-7-4-3-5-9-10(7)8(11)6-12-9;1-2/h3-6,11H,2H2,1H3;1-2H3. The summed E-state index contributed by atoms with van der Waals surface area (Å²) >= 11 is 6.20. The Bertz CT molecular complexity index is 402. The largest absolute Gasteiger partial charge is 0.143 e. The van der Waals surface area contributed by atoms with Gasteiger partial charge in [0.15, 0.2) is 0 Å². The number of aryl methyl sites for hydroxylation is 1. The number of hydrogen-bond acceptors (Lipinski definition) is 2. The normalized spacial score (nSPS) is 9.71. The van der Waals surface area contributed by atoms with Crippen molar-refractivity contribution < 1.29 is 0 Å². The molecule has 1 aromatic carbocycles. The minimum Gasteiger partial charge on any atom is -0.143 e. The van der Waals surface area contributed by atoms with E-state index in [4.69, 9.17) is 0 Å². The van der Waals surface area contributed by atoms with Gasteiger partial charge in [0.1, 0.15) is 0 Å².